The van der Waals surface area contributed by atoms with E-state index in [1.54, 1.807) is 0 Å². The van der Waals surface area contributed by atoms with Gasteiger partial charge in [0.25, 0.3) is 5.91 Å². The predicted molar refractivity (Wildman–Crippen MR) is 124 cm³/mol. The van der Waals surface area contributed by atoms with Crippen LogP contribution in [-0.4, -0.2) is 35.8 Å². The summed E-state index contributed by atoms with van der Waals surface area (Å²) in [6, 6.07) is 17.6. The zero-order chi connectivity index (χ0) is 21.6. The minimum atomic E-state index is -0.193. The quantitative estimate of drug-likeness (QED) is 0.627. The summed E-state index contributed by atoms with van der Waals surface area (Å²) in [7, 11) is 0. The number of ether oxygens (including phenoxy) is 1. The number of hydrogen-bond acceptors (Lipinski definition) is 5. The van der Waals surface area contributed by atoms with Crippen molar-refractivity contribution >= 4 is 17.4 Å². The van der Waals surface area contributed by atoms with Gasteiger partial charge in [-0.25, -0.2) is 0 Å². The Morgan fingerprint density at radius 1 is 0.935 bits per heavy atom. The molecule has 0 aliphatic carbocycles. The van der Waals surface area contributed by atoms with E-state index < -0.39 is 0 Å². The van der Waals surface area contributed by atoms with Crippen molar-refractivity contribution in [1.29, 1.82) is 0 Å². The van der Waals surface area contributed by atoms with Gasteiger partial charge in [0.05, 0.1) is 5.69 Å². The number of carbonyl (C=O) groups excluding carboxylic acids is 1. The first-order valence-electron chi connectivity index (χ1n) is 10.8. The van der Waals surface area contributed by atoms with Crippen molar-refractivity contribution in [2.45, 2.75) is 33.1 Å². The van der Waals surface area contributed by atoms with Crippen LogP contribution in [0.3, 0.4) is 0 Å². The van der Waals surface area contributed by atoms with E-state index in [4.69, 9.17) is 4.74 Å². The minimum absolute atomic E-state index is 0.0309. The number of benzene rings is 2. The first kappa shape index (κ1) is 20.8. The normalized spacial score (nSPS) is 13.7. The van der Waals surface area contributed by atoms with E-state index >= 15 is 0 Å². The van der Waals surface area contributed by atoms with Crippen LogP contribution in [0.15, 0.2) is 54.6 Å². The standard InChI is InChI=1S/C25H28N4O2/c1-18-7-6-8-19(2)25(18)31-17-24(30)26-21-11-9-20(10-12-21)22-13-14-23(28-27-22)29-15-4-3-5-16-29/h6-14H,3-5,15-17H2,1-2H3,(H,26,30). The number of anilines is 2. The van der Waals surface area contributed by atoms with Gasteiger partial charge in [-0.1, -0.05) is 30.3 Å². The second-order valence-corrected chi connectivity index (χ2v) is 7.96. The molecule has 1 aliphatic rings. The van der Waals surface area contributed by atoms with Gasteiger partial charge < -0.3 is 15.0 Å². The number of carbonyl (C=O) groups is 1. The summed E-state index contributed by atoms with van der Waals surface area (Å²) >= 11 is 0. The lowest BCUT2D eigenvalue weighted by Crippen LogP contribution is -2.30. The fourth-order valence-corrected chi connectivity index (χ4v) is 3.86. The molecule has 4 rings (SSSR count). The zero-order valence-electron chi connectivity index (χ0n) is 18.1. The van der Waals surface area contributed by atoms with Crippen LogP contribution in [0.1, 0.15) is 30.4 Å². The molecule has 0 spiro atoms. The first-order valence-corrected chi connectivity index (χ1v) is 10.8. The van der Waals surface area contributed by atoms with Gasteiger partial charge in [-0.05, 0) is 68.5 Å². The van der Waals surface area contributed by atoms with Crippen molar-refractivity contribution in [3.63, 3.8) is 0 Å². The lowest BCUT2D eigenvalue weighted by atomic mass is 10.1. The monoisotopic (exact) mass is 416 g/mol. The molecule has 31 heavy (non-hydrogen) atoms. The maximum Gasteiger partial charge on any atom is 0.262 e. The van der Waals surface area contributed by atoms with E-state index in [2.05, 4.69) is 20.4 Å². The molecule has 2 aromatic carbocycles. The summed E-state index contributed by atoms with van der Waals surface area (Å²) in [5.41, 5.74) is 4.53. The van der Waals surface area contributed by atoms with E-state index in [9.17, 15) is 4.79 Å². The highest BCUT2D eigenvalue weighted by molar-refractivity contribution is 5.92. The van der Waals surface area contributed by atoms with E-state index in [1.807, 2.05) is 68.4 Å². The number of nitrogens with zero attached hydrogens (tertiary/aromatic N) is 3. The van der Waals surface area contributed by atoms with Gasteiger partial charge in [0.15, 0.2) is 12.4 Å². The average Bonchev–Trinajstić information content (AvgIpc) is 2.80. The maximum absolute atomic E-state index is 12.3. The van der Waals surface area contributed by atoms with E-state index in [1.165, 1.54) is 19.3 Å². The Morgan fingerprint density at radius 3 is 2.29 bits per heavy atom. The molecule has 6 nitrogen and oxygen atoms in total. The highest BCUT2D eigenvalue weighted by Crippen LogP contribution is 2.24. The van der Waals surface area contributed by atoms with Crippen LogP contribution in [0.5, 0.6) is 5.75 Å². The summed E-state index contributed by atoms with van der Waals surface area (Å²) in [6.07, 6.45) is 3.72. The number of aromatic nitrogens is 2. The molecular formula is C25H28N4O2. The average molecular weight is 417 g/mol. The number of hydrogen-bond donors (Lipinski definition) is 1. The van der Waals surface area contributed by atoms with Gasteiger partial charge in [0.2, 0.25) is 0 Å². The Morgan fingerprint density at radius 2 is 1.65 bits per heavy atom. The maximum atomic E-state index is 12.3. The van der Waals surface area contributed by atoms with Crippen LogP contribution >= 0.6 is 0 Å². The van der Waals surface area contributed by atoms with Crippen LogP contribution in [0.2, 0.25) is 0 Å². The summed E-state index contributed by atoms with van der Waals surface area (Å²) in [5, 5.41) is 11.7. The third kappa shape index (κ3) is 5.20. The molecule has 0 saturated carbocycles. The Labute approximate surface area is 183 Å². The molecule has 0 radical (unpaired) electrons. The van der Waals surface area contributed by atoms with Gasteiger partial charge in [-0.15, -0.1) is 10.2 Å². The van der Waals surface area contributed by atoms with Gasteiger partial charge in [-0.3, -0.25) is 4.79 Å². The van der Waals surface area contributed by atoms with E-state index in [0.717, 1.165) is 52.7 Å². The SMILES string of the molecule is Cc1cccc(C)c1OCC(=O)Nc1ccc(-c2ccc(N3CCCCC3)nn2)cc1. The molecular weight excluding hydrogens is 388 g/mol. The van der Waals surface area contributed by atoms with Crippen LogP contribution < -0.4 is 15.0 Å². The largest absolute Gasteiger partial charge is 0.483 e. The van der Waals surface area contributed by atoms with E-state index in [0.29, 0.717) is 0 Å². The molecule has 1 N–H and O–H groups in total. The number of aryl methyl sites for hydroxylation is 2. The molecule has 1 fully saturated rings. The molecule has 1 amide bonds. The molecule has 1 saturated heterocycles. The first-order chi connectivity index (χ1) is 15.1. The number of piperidine rings is 1. The molecule has 1 aliphatic heterocycles. The fourth-order valence-electron chi connectivity index (χ4n) is 3.86. The lowest BCUT2D eigenvalue weighted by Gasteiger charge is -2.27. The zero-order valence-corrected chi connectivity index (χ0v) is 18.1. The Kier molecular flexibility index (Phi) is 6.46. The third-order valence-corrected chi connectivity index (χ3v) is 5.55. The molecule has 160 valence electrons. The van der Waals surface area contributed by atoms with Crippen molar-refractivity contribution in [3.05, 3.63) is 65.7 Å². The molecule has 0 atom stereocenters. The lowest BCUT2D eigenvalue weighted by molar-refractivity contribution is -0.118. The van der Waals surface area contributed by atoms with Gasteiger partial charge in [0, 0.05) is 24.3 Å². The minimum Gasteiger partial charge on any atom is -0.483 e. The molecule has 0 unspecified atom stereocenters. The summed E-state index contributed by atoms with van der Waals surface area (Å²) in [4.78, 5) is 14.6. The Bertz CT molecular complexity index is 1010. The Hall–Kier alpha value is -3.41. The molecule has 3 aromatic rings. The van der Waals surface area contributed by atoms with Crippen LogP contribution in [0.4, 0.5) is 11.5 Å². The predicted octanol–water partition coefficient (Wildman–Crippen LogP) is 4.77. The third-order valence-electron chi connectivity index (χ3n) is 5.55. The number of rotatable bonds is 6. The number of para-hydroxylation sites is 1. The molecule has 1 aromatic heterocycles. The summed E-state index contributed by atoms with van der Waals surface area (Å²) in [5.74, 6) is 1.51. The van der Waals surface area contributed by atoms with Crippen LogP contribution in [0.25, 0.3) is 11.3 Å². The van der Waals surface area contributed by atoms with Gasteiger partial charge >= 0.3 is 0 Å². The van der Waals surface area contributed by atoms with Crippen molar-refractivity contribution in [2.75, 3.05) is 29.9 Å². The highest BCUT2D eigenvalue weighted by atomic mass is 16.5. The van der Waals surface area contributed by atoms with Gasteiger partial charge in [-0.2, -0.15) is 0 Å². The van der Waals surface area contributed by atoms with Crippen molar-refractivity contribution < 1.29 is 9.53 Å². The Balaban J connectivity index is 1.34. The van der Waals surface area contributed by atoms with Crippen molar-refractivity contribution in [1.82, 2.24) is 10.2 Å². The van der Waals surface area contributed by atoms with Gasteiger partial charge in [0.1, 0.15) is 5.75 Å². The number of amides is 1. The van der Waals surface area contributed by atoms with Crippen molar-refractivity contribution in [3.8, 4) is 17.0 Å². The smallest absolute Gasteiger partial charge is 0.262 e. The summed E-state index contributed by atoms with van der Waals surface area (Å²) in [6.45, 7) is 6.02. The topological polar surface area (TPSA) is 67.3 Å². The van der Waals surface area contributed by atoms with Crippen molar-refractivity contribution in [2.24, 2.45) is 0 Å². The number of nitrogens with one attached hydrogen (secondary N) is 1. The van der Waals surface area contributed by atoms with E-state index in [-0.39, 0.29) is 12.5 Å². The molecule has 0 bridgehead atoms. The summed E-state index contributed by atoms with van der Waals surface area (Å²) < 4.78 is 5.72. The molecule has 6 heteroatoms. The second-order valence-electron chi connectivity index (χ2n) is 7.96. The van der Waals surface area contributed by atoms with Crippen LogP contribution in [0, 0.1) is 13.8 Å². The fraction of sp³-hybridized carbons (Fsp3) is 0.320. The highest BCUT2D eigenvalue weighted by Gasteiger charge is 2.13. The second kappa shape index (κ2) is 9.60. The van der Waals surface area contributed by atoms with Crippen LogP contribution in [-0.2, 0) is 4.79 Å². The molecule has 2 heterocycles.